The standard InChI is InChI=1S/C41H50N8O6/c1-22(2)34(46-40(52)53)38(50)48(7)24(5)36-42-20-32(44-36)27-12-10-26(11-13-27)28-14-15-30-19-31(17-16-29(30)18-28)33-21-43-37(45-33)25(6)49(8)39(51)35(23(3)4)47-41(54)55-9/h10-25,34-35,46H,1-9H3,(H,42,44)(H,43,45)(H,47,54)(H,52,53)/t24-,25-,34-,35-/m0/s1. The minimum atomic E-state index is -1.24. The Kier molecular flexibility index (Phi) is 12.3. The van der Waals surface area contributed by atoms with Crippen LogP contribution >= 0.6 is 0 Å². The highest BCUT2D eigenvalue weighted by Gasteiger charge is 2.32. The van der Waals surface area contributed by atoms with Crippen LogP contribution in [0.15, 0.2) is 73.1 Å². The van der Waals surface area contributed by atoms with Gasteiger partial charge in [0.25, 0.3) is 0 Å². The van der Waals surface area contributed by atoms with Gasteiger partial charge >= 0.3 is 12.2 Å². The number of alkyl carbamates (subject to hydrolysis) is 1. The Bertz CT molecular complexity index is 2160. The van der Waals surface area contributed by atoms with Gasteiger partial charge in [-0.2, -0.15) is 0 Å². The van der Waals surface area contributed by atoms with Crippen LogP contribution in [0.1, 0.15) is 65.3 Å². The molecule has 2 aromatic heterocycles. The molecule has 0 bridgehead atoms. The van der Waals surface area contributed by atoms with Crippen LogP contribution in [-0.2, 0) is 14.3 Å². The molecular formula is C41H50N8O6. The minimum Gasteiger partial charge on any atom is -0.465 e. The topological polar surface area (TPSA) is 186 Å². The molecule has 0 aliphatic rings. The van der Waals surface area contributed by atoms with E-state index < -0.39 is 30.3 Å². The molecule has 0 aliphatic carbocycles. The number of aromatic nitrogens is 4. The quantitative estimate of drug-likeness (QED) is 0.0852. The van der Waals surface area contributed by atoms with E-state index in [9.17, 15) is 24.3 Å². The van der Waals surface area contributed by atoms with E-state index in [1.807, 2.05) is 45.9 Å². The van der Waals surface area contributed by atoms with Gasteiger partial charge in [0.15, 0.2) is 0 Å². The second kappa shape index (κ2) is 16.9. The molecule has 0 saturated carbocycles. The second-order valence-electron chi connectivity index (χ2n) is 14.5. The number of carboxylic acid groups (broad SMARTS) is 1. The van der Waals surface area contributed by atoms with E-state index in [-0.39, 0.29) is 29.7 Å². The Morgan fingerprint density at radius 2 is 1.05 bits per heavy atom. The molecule has 5 N–H and O–H groups in total. The molecule has 3 aromatic carbocycles. The number of amides is 4. The van der Waals surface area contributed by atoms with E-state index in [4.69, 9.17) is 4.74 Å². The fourth-order valence-electron chi connectivity index (χ4n) is 6.36. The number of nitrogens with one attached hydrogen (secondary N) is 4. The van der Waals surface area contributed by atoms with Gasteiger partial charge in [0.05, 0.1) is 43.0 Å². The molecule has 14 nitrogen and oxygen atoms in total. The number of likely N-dealkylation sites (N-methyl/N-ethyl adjacent to an activating group) is 2. The highest BCUT2D eigenvalue weighted by atomic mass is 16.5. The molecule has 55 heavy (non-hydrogen) atoms. The average Bonchev–Trinajstić information content (AvgIpc) is 3.88. The average molecular weight is 751 g/mol. The SMILES string of the molecule is COC(=O)N[C@H](C(=O)N(C)[C@@H](C)c1ncc(-c2ccc3cc(-c4ccc(-c5cnc([C@H](C)N(C)C(=O)[C@@H](NC(=O)O)C(C)C)[nH]5)cc4)ccc3c2)[nH]1)C(C)C. The van der Waals surface area contributed by atoms with Crippen molar-refractivity contribution >= 4 is 34.8 Å². The molecule has 5 aromatic rings. The van der Waals surface area contributed by atoms with Crippen LogP contribution < -0.4 is 10.6 Å². The Balaban J connectivity index is 1.26. The zero-order chi connectivity index (χ0) is 40.1. The summed E-state index contributed by atoms with van der Waals surface area (Å²) >= 11 is 0. The van der Waals surface area contributed by atoms with Crippen molar-refractivity contribution in [2.24, 2.45) is 11.8 Å². The first-order valence-electron chi connectivity index (χ1n) is 18.2. The Labute approximate surface area is 320 Å². The number of hydrogen-bond acceptors (Lipinski definition) is 7. The maximum absolute atomic E-state index is 13.3. The summed E-state index contributed by atoms with van der Waals surface area (Å²) < 4.78 is 4.71. The number of fused-ring (bicyclic) bond motifs is 1. The smallest absolute Gasteiger partial charge is 0.407 e. The van der Waals surface area contributed by atoms with E-state index >= 15 is 0 Å². The van der Waals surface area contributed by atoms with Gasteiger partial charge < -0.3 is 40.2 Å². The molecular weight excluding hydrogens is 701 g/mol. The van der Waals surface area contributed by atoms with Crippen LogP contribution in [0.25, 0.3) is 44.4 Å². The number of carbonyl (C=O) groups is 4. The van der Waals surface area contributed by atoms with E-state index in [0.717, 1.165) is 44.4 Å². The van der Waals surface area contributed by atoms with Crippen LogP contribution in [-0.4, -0.2) is 92.1 Å². The van der Waals surface area contributed by atoms with Crippen LogP contribution in [0.4, 0.5) is 9.59 Å². The number of aromatic amines is 2. The molecule has 0 radical (unpaired) electrons. The first kappa shape index (κ1) is 40.0. The molecule has 0 unspecified atom stereocenters. The number of carbonyl (C=O) groups excluding carboxylic acids is 3. The summed E-state index contributed by atoms with van der Waals surface area (Å²) in [5, 5.41) is 16.3. The predicted octanol–water partition coefficient (Wildman–Crippen LogP) is 7.00. The Hall–Kier alpha value is -6.18. The van der Waals surface area contributed by atoms with Gasteiger partial charge in [-0.3, -0.25) is 9.59 Å². The fraction of sp³-hybridized carbons (Fsp3) is 0.366. The maximum Gasteiger partial charge on any atom is 0.407 e. The van der Waals surface area contributed by atoms with Gasteiger partial charge in [-0.15, -0.1) is 0 Å². The molecule has 2 heterocycles. The summed E-state index contributed by atoms with van der Waals surface area (Å²) in [6.07, 6.45) is 1.60. The number of nitrogens with zero attached hydrogens (tertiary/aromatic N) is 4. The number of rotatable bonds is 13. The van der Waals surface area contributed by atoms with Gasteiger partial charge in [-0.05, 0) is 65.3 Å². The monoisotopic (exact) mass is 750 g/mol. The number of H-pyrrole nitrogens is 2. The largest absolute Gasteiger partial charge is 0.465 e. The summed E-state index contributed by atoms with van der Waals surface area (Å²) in [7, 11) is 4.60. The first-order chi connectivity index (χ1) is 26.1. The maximum atomic E-state index is 13.3. The molecule has 0 fully saturated rings. The van der Waals surface area contributed by atoms with Crippen molar-refractivity contribution in [2.45, 2.75) is 65.7 Å². The molecule has 0 spiro atoms. The molecule has 0 saturated heterocycles. The van der Waals surface area contributed by atoms with Crippen LogP contribution in [0.3, 0.4) is 0 Å². The van der Waals surface area contributed by atoms with Crippen molar-refractivity contribution in [2.75, 3.05) is 21.2 Å². The van der Waals surface area contributed by atoms with Crippen LogP contribution in [0.5, 0.6) is 0 Å². The zero-order valence-electron chi connectivity index (χ0n) is 32.7. The third kappa shape index (κ3) is 8.97. The van der Waals surface area contributed by atoms with Crippen LogP contribution in [0, 0.1) is 11.8 Å². The lowest BCUT2D eigenvalue weighted by Crippen LogP contribution is -2.50. The lowest BCUT2D eigenvalue weighted by molar-refractivity contribution is -0.135. The van der Waals surface area contributed by atoms with Crippen LogP contribution in [0.2, 0.25) is 0 Å². The number of ether oxygens (including phenoxy) is 1. The number of hydrogen-bond donors (Lipinski definition) is 5. The lowest BCUT2D eigenvalue weighted by Gasteiger charge is -2.30. The van der Waals surface area contributed by atoms with Gasteiger partial charge in [0.2, 0.25) is 11.8 Å². The molecule has 14 heteroatoms. The Morgan fingerprint density at radius 1 is 0.636 bits per heavy atom. The van der Waals surface area contributed by atoms with E-state index in [2.05, 4.69) is 73.0 Å². The summed E-state index contributed by atoms with van der Waals surface area (Å²) in [4.78, 5) is 68.4. The molecule has 4 amide bonds. The third-order valence-electron chi connectivity index (χ3n) is 10.1. The molecule has 0 aliphatic heterocycles. The van der Waals surface area contributed by atoms with Crippen molar-refractivity contribution in [1.82, 2.24) is 40.4 Å². The van der Waals surface area contributed by atoms with Crippen molar-refractivity contribution in [3.63, 3.8) is 0 Å². The highest BCUT2D eigenvalue weighted by Crippen LogP contribution is 2.31. The van der Waals surface area contributed by atoms with Crippen molar-refractivity contribution < 1.29 is 29.0 Å². The molecule has 290 valence electrons. The number of methoxy groups -OCH3 is 1. The predicted molar refractivity (Wildman–Crippen MR) is 211 cm³/mol. The second-order valence-corrected chi connectivity index (χ2v) is 14.5. The van der Waals surface area contributed by atoms with Gasteiger partial charge in [0, 0.05) is 19.7 Å². The summed E-state index contributed by atoms with van der Waals surface area (Å²) in [6.45, 7) is 11.1. The molecule has 4 atom stereocenters. The van der Waals surface area contributed by atoms with Gasteiger partial charge in [-0.25, -0.2) is 19.6 Å². The first-order valence-corrected chi connectivity index (χ1v) is 18.2. The van der Waals surface area contributed by atoms with Gasteiger partial charge in [-0.1, -0.05) is 76.2 Å². The summed E-state index contributed by atoms with van der Waals surface area (Å²) in [5.41, 5.74) is 5.62. The summed E-state index contributed by atoms with van der Waals surface area (Å²) in [6, 6.07) is 18.3. The van der Waals surface area contributed by atoms with E-state index in [1.54, 1.807) is 45.2 Å². The van der Waals surface area contributed by atoms with Crippen molar-refractivity contribution in [3.05, 3.63) is 84.7 Å². The normalized spacial score (nSPS) is 13.6. The highest BCUT2D eigenvalue weighted by molar-refractivity contribution is 5.91. The minimum absolute atomic E-state index is 0.138. The Morgan fingerprint density at radius 3 is 1.53 bits per heavy atom. The molecule has 5 rings (SSSR count). The lowest BCUT2D eigenvalue weighted by atomic mass is 9.98. The van der Waals surface area contributed by atoms with E-state index in [0.29, 0.717) is 11.6 Å². The third-order valence-corrected chi connectivity index (χ3v) is 10.1. The van der Waals surface area contributed by atoms with E-state index in [1.165, 1.54) is 12.0 Å². The summed E-state index contributed by atoms with van der Waals surface area (Å²) in [5.74, 6) is 0.293. The number of imidazole rings is 2. The fourth-order valence-corrected chi connectivity index (χ4v) is 6.36. The van der Waals surface area contributed by atoms with Crippen molar-refractivity contribution in [1.29, 1.82) is 0 Å². The van der Waals surface area contributed by atoms with Gasteiger partial charge in [0.1, 0.15) is 23.7 Å². The van der Waals surface area contributed by atoms with Crippen molar-refractivity contribution in [3.8, 4) is 33.6 Å². The zero-order valence-corrected chi connectivity index (χ0v) is 32.7. The number of benzene rings is 3.